The zero-order chi connectivity index (χ0) is 10.1. The van der Waals surface area contributed by atoms with Crippen molar-refractivity contribution in [2.24, 2.45) is 0 Å². The summed E-state index contributed by atoms with van der Waals surface area (Å²) in [5, 5.41) is 12.7. The third-order valence-corrected chi connectivity index (χ3v) is 3.04. The van der Waals surface area contributed by atoms with Gasteiger partial charge in [-0.3, -0.25) is 0 Å². The lowest BCUT2D eigenvalue weighted by Crippen LogP contribution is -2.14. The largest absolute Gasteiger partial charge is 0.392 e. The van der Waals surface area contributed by atoms with Crippen LogP contribution in [0.1, 0.15) is 29.2 Å². The lowest BCUT2D eigenvalue weighted by molar-refractivity contribution is 0.193. The average molecular weight is 191 g/mol. The molecular formula is C12H17NO. The summed E-state index contributed by atoms with van der Waals surface area (Å²) in [5.41, 5.74) is 3.95. The number of rotatable bonds is 1. The van der Waals surface area contributed by atoms with E-state index in [2.05, 4.69) is 37.4 Å². The fourth-order valence-electron chi connectivity index (χ4n) is 1.95. The van der Waals surface area contributed by atoms with Gasteiger partial charge in [-0.25, -0.2) is 0 Å². The minimum Gasteiger partial charge on any atom is -0.392 e. The Morgan fingerprint density at radius 2 is 2.07 bits per heavy atom. The first kappa shape index (κ1) is 9.69. The summed E-state index contributed by atoms with van der Waals surface area (Å²) in [6.45, 7) is 4.97. The highest BCUT2D eigenvalue weighted by Crippen LogP contribution is 2.24. The second-order valence-electron chi connectivity index (χ2n) is 4.19. The van der Waals surface area contributed by atoms with E-state index in [1.54, 1.807) is 0 Å². The van der Waals surface area contributed by atoms with Gasteiger partial charge in [0, 0.05) is 12.6 Å². The Bertz CT molecular complexity index is 335. The van der Waals surface area contributed by atoms with Crippen molar-refractivity contribution in [1.29, 1.82) is 0 Å². The first-order valence-corrected chi connectivity index (χ1v) is 5.15. The molecule has 1 aromatic rings. The molecule has 2 rings (SSSR count). The molecule has 2 N–H and O–H groups in total. The Hall–Kier alpha value is -0.860. The van der Waals surface area contributed by atoms with E-state index in [0.717, 1.165) is 13.0 Å². The number of aliphatic hydroxyl groups is 1. The monoisotopic (exact) mass is 191 g/mol. The standard InChI is InChI=1S/C12H17NO/c1-8-3-4-10(5-9(8)2)12-6-11(14)7-13-12/h3-5,11-14H,6-7H2,1-2H3. The van der Waals surface area contributed by atoms with Crippen molar-refractivity contribution in [3.63, 3.8) is 0 Å². The third kappa shape index (κ3) is 1.81. The van der Waals surface area contributed by atoms with Crippen molar-refractivity contribution in [2.75, 3.05) is 6.54 Å². The van der Waals surface area contributed by atoms with Gasteiger partial charge in [0.15, 0.2) is 0 Å². The van der Waals surface area contributed by atoms with E-state index in [1.807, 2.05) is 0 Å². The fraction of sp³-hybridized carbons (Fsp3) is 0.500. The summed E-state index contributed by atoms with van der Waals surface area (Å²) in [4.78, 5) is 0. The number of aliphatic hydroxyl groups excluding tert-OH is 1. The summed E-state index contributed by atoms with van der Waals surface area (Å²) in [6.07, 6.45) is 0.657. The summed E-state index contributed by atoms with van der Waals surface area (Å²) in [5.74, 6) is 0. The molecule has 2 heteroatoms. The van der Waals surface area contributed by atoms with Gasteiger partial charge in [0.05, 0.1) is 6.10 Å². The maximum Gasteiger partial charge on any atom is 0.0682 e. The first-order chi connectivity index (χ1) is 6.66. The minimum absolute atomic E-state index is 0.179. The van der Waals surface area contributed by atoms with Crippen molar-refractivity contribution < 1.29 is 5.11 Å². The maximum atomic E-state index is 9.42. The molecule has 14 heavy (non-hydrogen) atoms. The number of benzene rings is 1. The van der Waals surface area contributed by atoms with Crippen LogP contribution < -0.4 is 5.32 Å². The first-order valence-electron chi connectivity index (χ1n) is 5.15. The molecule has 0 aliphatic carbocycles. The molecular weight excluding hydrogens is 174 g/mol. The molecule has 2 unspecified atom stereocenters. The van der Waals surface area contributed by atoms with Crippen molar-refractivity contribution >= 4 is 0 Å². The number of hydrogen-bond donors (Lipinski definition) is 2. The molecule has 1 aliphatic heterocycles. The normalized spacial score (nSPS) is 26.8. The topological polar surface area (TPSA) is 32.3 Å². The Kier molecular flexibility index (Phi) is 2.57. The van der Waals surface area contributed by atoms with Gasteiger partial charge in [0.1, 0.15) is 0 Å². The van der Waals surface area contributed by atoms with Gasteiger partial charge in [-0.15, -0.1) is 0 Å². The van der Waals surface area contributed by atoms with E-state index in [1.165, 1.54) is 16.7 Å². The van der Waals surface area contributed by atoms with Gasteiger partial charge in [-0.1, -0.05) is 18.2 Å². The molecule has 1 aromatic carbocycles. The molecule has 1 fully saturated rings. The van der Waals surface area contributed by atoms with E-state index >= 15 is 0 Å². The second kappa shape index (κ2) is 3.71. The van der Waals surface area contributed by atoms with E-state index in [9.17, 15) is 5.11 Å². The fourth-order valence-corrected chi connectivity index (χ4v) is 1.95. The molecule has 2 nitrogen and oxygen atoms in total. The highest BCUT2D eigenvalue weighted by Gasteiger charge is 2.23. The van der Waals surface area contributed by atoms with Crippen LogP contribution in [0.2, 0.25) is 0 Å². The maximum absolute atomic E-state index is 9.42. The summed E-state index contributed by atoms with van der Waals surface area (Å²) < 4.78 is 0. The van der Waals surface area contributed by atoms with E-state index in [-0.39, 0.29) is 6.10 Å². The third-order valence-electron chi connectivity index (χ3n) is 3.04. The minimum atomic E-state index is -0.179. The van der Waals surface area contributed by atoms with Crippen LogP contribution >= 0.6 is 0 Å². The van der Waals surface area contributed by atoms with Gasteiger partial charge in [0.2, 0.25) is 0 Å². The highest BCUT2D eigenvalue weighted by atomic mass is 16.3. The molecule has 0 saturated carbocycles. The summed E-state index contributed by atoms with van der Waals surface area (Å²) >= 11 is 0. The van der Waals surface area contributed by atoms with Crippen LogP contribution in [0.3, 0.4) is 0 Å². The lowest BCUT2D eigenvalue weighted by atomic mass is 10.00. The number of hydrogen-bond acceptors (Lipinski definition) is 2. The zero-order valence-corrected chi connectivity index (χ0v) is 8.75. The van der Waals surface area contributed by atoms with Crippen LogP contribution in [0.15, 0.2) is 18.2 Å². The molecule has 0 spiro atoms. The highest BCUT2D eigenvalue weighted by molar-refractivity contribution is 5.32. The van der Waals surface area contributed by atoms with E-state index < -0.39 is 0 Å². The Labute approximate surface area is 85.0 Å². The van der Waals surface area contributed by atoms with Gasteiger partial charge in [0.25, 0.3) is 0 Å². The molecule has 1 aliphatic rings. The Morgan fingerprint density at radius 1 is 1.29 bits per heavy atom. The molecule has 1 heterocycles. The quantitative estimate of drug-likeness (QED) is 0.708. The molecule has 0 bridgehead atoms. The molecule has 0 aromatic heterocycles. The Balaban J connectivity index is 2.20. The summed E-state index contributed by atoms with van der Waals surface area (Å²) in [6, 6.07) is 6.85. The van der Waals surface area contributed by atoms with E-state index in [4.69, 9.17) is 0 Å². The lowest BCUT2D eigenvalue weighted by Gasteiger charge is -2.12. The number of nitrogens with one attached hydrogen (secondary N) is 1. The van der Waals surface area contributed by atoms with Crippen LogP contribution in [0.25, 0.3) is 0 Å². The predicted octanol–water partition coefficient (Wildman–Crippen LogP) is 1.70. The van der Waals surface area contributed by atoms with Crippen LogP contribution in [-0.2, 0) is 0 Å². The van der Waals surface area contributed by atoms with Crippen LogP contribution in [-0.4, -0.2) is 17.8 Å². The van der Waals surface area contributed by atoms with Crippen molar-refractivity contribution in [3.05, 3.63) is 34.9 Å². The molecule has 76 valence electrons. The predicted molar refractivity (Wildman–Crippen MR) is 57.3 cm³/mol. The number of aryl methyl sites for hydroxylation is 2. The van der Waals surface area contributed by atoms with Gasteiger partial charge < -0.3 is 10.4 Å². The van der Waals surface area contributed by atoms with Crippen LogP contribution in [0, 0.1) is 13.8 Å². The summed E-state index contributed by atoms with van der Waals surface area (Å²) in [7, 11) is 0. The number of β-amino-alcohol motifs (C(OH)–C–C–N with tert-alkyl or cyclic N) is 1. The van der Waals surface area contributed by atoms with Gasteiger partial charge in [-0.05, 0) is 37.0 Å². The van der Waals surface area contributed by atoms with Crippen LogP contribution in [0.5, 0.6) is 0 Å². The average Bonchev–Trinajstić information content (AvgIpc) is 2.57. The van der Waals surface area contributed by atoms with Gasteiger partial charge >= 0.3 is 0 Å². The van der Waals surface area contributed by atoms with Crippen molar-refractivity contribution in [3.8, 4) is 0 Å². The van der Waals surface area contributed by atoms with Gasteiger partial charge in [-0.2, -0.15) is 0 Å². The molecule has 0 amide bonds. The molecule has 0 radical (unpaired) electrons. The zero-order valence-electron chi connectivity index (χ0n) is 8.75. The molecule has 1 saturated heterocycles. The van der Waals surface area contributed by atoms with E-state index in [0.29, 0.717) is 6.04 Å². The molecule has 2 atom stereocenters. The second-order valence-corrected chi connectivity index (χ2v) is 4.19. The smallest absolute Gasteiger partial charge is 0.0682 e. The van der Waals surface area contributed by atoms with Crippen molar-refractivity contribution in [2.45, 2.75) is 32.4 Å². The van der Waals surface area contributed by atoms with Crippen molar-refractivity contribution in [1.82, 2.24) is 5.32 Å². The SMILES string of the molecule is Cc1ccc(C2CC(O)CN2)cc1C. The Morgan fingerprint density at radius 3 is 2.64 bits per heavy atom. The van der Waals surface area contributed by atoms with Crippen LogP contribution in [0.4, 0.5) is 0 Å².